The molecule has 61 heavy (non-hydrogen) atoms. The van der Waals surface area contributed by atoms with E-state index in [0.29, 0.717) is 20.0 Å². The maximum absolute atomic E-state index is 6.43. The van der Waals surface area contributed by atoms with Crippen molar-refractivity contribution >= 4 is 80.3 Å². The van der Waals surface area contributed by atoms with Gasteiger partial charge in [-0.25, -0.2) is 9.20 Å². The molecule has 4 aromatic heterocycles. The predicted molar refractivity (Wildman–Crippen MR) is 258 cm³/mol. The SMILES string of the molecule is Cc1ccc(NC(=S)c2c(-c3ccc(Cl)cc3)c3c4n(c(CCCc5nn6c7c(c(-c8ccc(Cl)cc8)c(C(=S)Nc8ccc(C)cc8)n57)CCCC6)nn24)CCCC3)cc1. The normalized spacial score (nSPS) is 13.7. The van der Waals surface area contributed by atoms with Gasteiger partial charge in [-0.3, -0.25) is 4.40 Å². The van der Waals surface area contributed by atoms with Crippen molar-refractivity contribution in [2.45, 2.75) is 84.7 Å². The number of hydrogen-bond acceptors (Lipinski definition) is 4. The topological polar surface area (TPSA) is 68.5 Å². The highest BCUT2D eigenvalue weighted by molar-refractivity contribution is 7.81. The minimum Gasteiger partial charge on any atom is -0.345 e. The van der Waals surface area contributed by atoms with E-state index >= 15 is 0 Å². The Kier molecular flexibility index (Phi) is 10.8. The molecular formula is C49H46Cl2N8S2. The fourth-order valence-electron chi connectivity index (χ4n) is 9.31. The van der Waals surface area contributed by atoms with Crippen LogP contribution in [-0.2, 0) is 38.8 Å². The third kappa shape index (κ3) is 7.47. The summed E-state index contributed by atoms with van der Waals surface area (Å²) in [6, 6.07) is 33.0. The average molecular weight is 882 g/mol. The van der Waals surface area contributed by atoms with Crippen LogP contribution in [-0.4, -0.2) is 38.3 Å². The van der Waals surface area contributed by atoms with Crippen molar-refractivity contribution < 1.29 is 0 Å². The van der Waals surface area contributed by atoms with Gasteiger partial charge in [0.15, 0.2) is 0 Å². The Bertz CT molecular complexity index is 2950. The van der Waals surface area contributed by atoms with Gasteiger partial charge >= 0.3 is 0 Å². The third-order valence-corrected chi connectivity index (χ3v) is 13.3. The molecule has 4 aromatic carbocycles. The first-order valence-electron chi connectivity index (χ1n) is 21.3. The second kappa shape index (κ2) is 16.5. The maximum atomic E-state index is 6.43. The summed E-state index contributed by atoms with van der Waals surface area (Å²) >= 11 is 25.4. The van der Waals surface area contributed by atoms with Gasteiger partial charge in [-0.2, -0.15) is 10.2 Å². The molecule has 0 unspecified atom stereocenters. The standard InChI is InChI=1S/C49H46Cl2N8S2/c1-30-12-24-36(25-13-30)52-46(60)44-42(32-16-20-34(50)21-17-32)39-9-4-6-29-57-49(39)58(44)41(54-57)11-7-10-40-55-59-45(47(61)53-37-26-14-31(2)15-27-37)43(33-18-22-35(51)23-19-33)38-8-3-5-28-56(40)48(38)59/h12-27H,3-11,28-29H2,1-2H3,(H,52,60)(H,53,61). The Labute approximate surface area is 376 Å². The first-order chi connectivity index (χ1) is 29.7. The molecule has 2 aliphatic rings. The molecule has 2 aliphatic heterocycles. The van der Waals surface area contributed by atoms with Crippen LogP contribution in [0.5, 0.6) is 0 Å². The minimum atomic E-state index is 0.642. The fourth-order valence-corrected chi connectivity index (χ4v) is 10.2. The Morgan fingerprint density at radius 3 is 1.69 bits per heavy atom. The summed E-state index contributed by atoms with van der Waals surface area (Å²) in [6.45, 7) is 5.96. The lowest BCUT2D eigenvalue weighted by Crippen LogP contribution is -2.15. The van der Waals surface area contributed by atoms with Crippen molar-refractivity contribution in [1.29, 1.82) is 0 Å². The van der Waals surface area contributed by atoms with E-state index in [1.165, 1.54) is 22.3 Å². The van der Waals surface area contributed by atoms with Crippen LogP contribution in [0.1, 0.15) is 77.4 Å². The molecule has 0 spiro atoms. The number of rotatable bonds is 10. The second-order valence-electron chi connectivity index (χ2n) is 16.4. The number of aromatic nitrogens is 6. The maximum Gasteiger partial charge on any atom is 0.140 e. The van der Waals surface area contributed by atoms with Crippen molar-refractivity contribution in [3.63, 3.8) is 0 Å². The van der Waals surface area contributed by atoms with E-state index in [1.807, 2.05) is 24.3 Å². The Morgan fingerprint density at radius 1 is 0.590 bits per heavy atom. The molecule has 8 aromatic rings. The van der Waals surface area contributed by atoms with Crippen molar-refractivity contribution in [1.82, 2.24) is 28.4 Å². The number of thiocarbonyl (C=S) groups is 2. The number of nitrogens with zero attached hydrogens (tertiary/aromatic N) is 6. The van der Waals surface area contributed by atoms with Gasteiger partial charge in [0.25, 0.3) is 0 Å². The molecule has 0 fully saturated rings. The summed E-state index contributed by atoms with van der Waals surface area (Å²) in [7, 11) is 0. The molecule has 0 saturated heterocycles. The van der Waals surface area contributed by atoms with Gasteiger partial charge in [-0.15, -0.1) is 0 Å². The summed E-state index contributed by atoms with van der Waals surface area (Å²) < 4.78 is 9.14. The molecule has 0 radical (unpaired) electrons. The predicted octanol–water partition coefficient (Wildman–Crippen LogP) is 12.3. The monoisotopic (exact) mass is 880 g/mol. The largest absolute Gasteiger partial charge is 0.345 e. The zero-order valence-electron chi connectivity index (χ0n) is 34.3. The molecule has 6 heterocycles. The van der Waals surface area contributed by atoms with E-state index in [1.54, 1.807) is 0 Å². The zero-order valence-corrected chi connectivity index (χ0v) is 37.4. The third-order valence-electron chi connectivity index (χ3n) is 12.2. The number of nitrogens with one attached hydrogen (secondary N) is 2. The number of aryl methyl sites for hydroxylation is 8. The highest BCUT2D eigenvalue weighted by atomic mass is 35.5. The van der Waals surface area contributed by atoms with Crippen LogP contribution < -0.4 is 10.6 Å². The molecule has 12 heteroatoms. The van der Waals surface area contributed by atoms with Crippen LogP contribution in [0.3, 0.4) is 0 Å². The van der Waals surface area contributed by atoms with Gasteiger partial charge in [-0.05, 0) is 118 Å². The minimum absolute atomic E-state index is 0.642. The molecule has 0 saturated carbocycles. The number of hydrogen-bond donors (Lipinski definition) is 2. The molecule has 308 valence electrons. The quantitative estimate of drug-likeness (QED) is 0.133. The molecule has 0 aliphatic carbocycles. The Hall–Kier alpha value is -5.26. The first-order valence-corrected chi connectivity index (χ1v) is 22.8. The smallest absolute Gasteiger partial charge is 0.140 e. The molecule has 0 amide bonds. The molecule has 2 N–H and O–H groups in total. The first kappa shape index (κ1) is 39.9. The van der Waals surface area contributed by atoms with Crippen LogP contribution in [0.25, 0.3) is 33.5 Å². The van der Waals surface area contributed by atoms with Gasteiger partial charge in [0.1, 0.15) is 38.6 Å². The van der Waals surface area contributed by atoms with Crippen LogP contribution in [0.15, 0.2) is 97.1 Å². The van der Waals surface area contributed by atoms with Crippen LogP contribution >= 0.6 is 47.6 Å². The summed E-state index contributed by atoms with van der Waals surface area (Å²) in [4.78, 5) is 1.32. The van der Waals surface area contributed by atoms with Crippen LogP contribution in [0, 0.1) is 13.8 Å². The molecule has 0 bridgehead atoms. The summed E-state index contributed by atoms with van der Waals surface area (Å²) in [5.41, 5.74) is 15.5. The number of benzene rings is 4. The molecule has 8 nitrogen and oxygen atoms in total. The van der Waals surface area contributed by atoms with E-state index in [-0.39, 0.29) is 0 Å². The summed E-state index contributed by atoms with van der Waals surface area (Å²) in [5.74, 6) is 2.06. The lowest BCUT2D eigenvalue weighted by Gasteiger charge is -2.13. The molecule has 0 atom stereocenters. The van der Waals surface area contributed by atoms with Crippen LogP contribution in [0.2, 0.25) is 10.0 Å². The average Bonchev–Trinajstić information content (AvgIpc) is 3.87. The lowest BCUT2D eigenvalue weighted by molar-refractivity contribution is 0.575. The zero-order chi connectivity index (χ0) is 41.8. The summed E-state index contributed by atoms with van der Waals surface area (Å²) in [6.07, 6.45) is 8.60. The highest BCUT2D eigenvalue weighted by Gasteiger charge is 2.31. The van der Waals surface area contributed by atoms with E-state index in [0.717, 1.165) is 139 Å². The van der Waals surface area contributed by atoms with Gasteiger partial charge in [0.2, 0.25) is 0 Å². The highest BCUT2D eigenvalue weighted by Crippen LogP contribution is 2.40. The van der Waals surface area contributed by atoms with Crippen molar-refractivity contribution in [3.8, 4) is 22.3 Å². The molecule has 10 rings (SSSR count). The fraction of sp³-hybridized carbons (Fsp3) is 0.265. The Balaban J connectivity index is 1.04. The number of halogens is 2. The van der Waals surface area contributed by atoms with Gasteiger partial charge < -0.3 is 15.2 Å². The molecular weight excluding hydrogens is 836 g/mol. The van der Waals surface area contributed by atoms with Gasteiger partial charge in [-0.1, -0.05) is 107 Å². The van der Waals surface area contributed by atoms with E-state index in [2.05, 4.69) is 115 Å². The van der Waals surface area contributed by atoms with E-state index in [9.17, 15) is 0 Å². The summed E-state index contributed by atoms with van der Waals surface area (Å²) in [5, 5.41) is 19.3. The van der Waals surface area contributed by atoms with Crippen molar-refractivity contribution in [2.24, 2.45) is 0 Å². The van der Waals surface area contributed by atoms with Gasteiger partial charge in [0.05, 0.1) is 5.69 Å². The van der Waals surface area contributed by atoms with Gasteiger partial charge in [0, 0.05) is 69.6 Å². The van der Waals surface area contributed by atoms with Crippen molar-refractivity contribution in [3.05, 3.63) is 152 Å². The van der Waals surface area contributed by atoms with E-state index < -0.39 is 0 Å². The second-order valence-corrected chi connectivity index (χ2v) is 18.1. The van der Waals surface area contributed by atoms with Crippen molar-refractivity contribution in [2.75, 3.05) is 10.6 Å². The lowest BCUT2D eigenvalue weighted by atomic mass is 9.98. The van der Waals surface area contributed by atoms with E-state index in [4.69, 9.17) is 57.8 Å². The Morgan fingerprint density at radius 2 is 1.10 bits per heavy atom. The number of anilines is 2. The van der Waals surface area contributed by atoms with Crippen LogP contribution in [0.4, 0.5) is 11.4 Å².